The van der Waals surface area contributed by atoms with Gasteiger partial charge in [-0.2, -0.15) is 5.10 Å². The maximum Gasteiger partial charge on any atom is 0.294 e. The van der Waals surface area contributed by atoms with Crippen molar-refractivity contribution in [1.29, 1.82) is 0 Å². The molecule has 0 atom stereocenters. The molecule has 0 unspecified atom stereocenters. The summed E-state index contributed by atoms with van der Waals surface area (Å²) in [6.07, 6.45) is 1.61. The first kappa shape index (κ1) is 19.3. The van der Waals surface area contributed by atoms with Crippen molar-refractivity contribution in [3.8, 4) is 5.69 Å². The van der Waals surface area contributed by atoms with Gasteiger partial charge in [-0.25, -0.2) is 4.68 Å². The summed E-state index contributed by atoms with van der Waals surface area (Å²) in [6.45, 7) is 7.33. The van der Waals surface area contributed by atoms with Crippen molar-refractivity contribution in [3.63, 3.8) is 0 Å². The van der Waals surface area contributed by atoms with Crippen molar-refractivity contribution in [2.45, 2.75) is 46.1 Å². The number of aromatic nitrogens is 2. The van der Waals surface area contributed by atoms with E-state index in [2.05, 4.69) is 10.4 Å². The van der Waals surface area contributed by atoms with E-state index in [0.717, 1.165) is 12.8 Å². The smallest absolute Gasteiger partial charge is 0.294 e. The molecule has 0 spiro atoms. The largest absolute Gasteiger partial charge is 0.346 e. The maximum absolute atomic E-state index is 12.5. The zero-order chi connectivity index (χ0) is 19.5. The number of carbonyl (C=O) groups excluding carboxylic acids is 1. The predicted molar refractivity (Wildman–Crippen MR) is 97.7 cm³/mol. The zero-order valence-corrected chi connectivity index (χ0v) is 15.3. The van der Waals surface area contributed by atoms with Crippen molar-refractivity contribution < 1.29 is 9.72 Å². The van der Waals surface area contributed by atoms with Crippen LogP contribution in [0.4, 0.5) is 5.69 Å². The lowest BCUT2D eigenvalue weighted by Crippen LogP contribution is -2.45. The topological polar surface area (TPSA) is 107 Å². The molecule has 8 heteroatoms. The van der Waals surface area contributed by atoms with Gasteiger partial charge in [0.2, 0.25) is 5.43 Å². The minimum absolute atomic E-state index is 0.163. The average molecular weight is 358 g/mol. The highest BCUT2D eigenvalue weighted by Crippen LogP contribution is 2.22. The molecule has 0 aliphatic rings. The molecule has 1 heterocycles. The lowest BCUT2D eigenvalue weighted by atomic mass is 9.99. The fourth-order valence-corrected chi connectivity index (χ4v) is 2.80. The van der Waals surface area contributed by atoms with Crippen LogP contribution in [0.15, 0.2) is 35.1 Å². The number of nitrogens with one attached hydrogen (secondary N) is 1. The minimum atomic E-state index is -0.596. The Bertz CT molecular complexity index is 902. The first-order chi connectivity index (χ1) is 12.2. The van der Waals surface area contributed by atoms with Gasteiger partial charge in [0, 0.05) is 23.4 Å². The van der Waals surface area contributed by atoms with Gasteiger partial charge < -0.3 is 5.32 Å². The van der Waals surface area contributed by atoms with Crippen LogP contribution in [0.1, 0.15) is 49.8 Å². The maximum atomic E-state index is 12.5. The van der Waals surface area contributed by atoms with E-state index < -0.39 is 21.8 Å². The first-order valence-electron chi connectivity index (χ1n) is 8.33. The van der Waals surface area contributed by atoms with Gasteiger partial charge in [0.05, 0.1) is 4.92 Å². The van der Waals surface area contributed by atoms with Gasteiger partial charge in [-0.15, -0.1) is 0 Å². The summed E-state index contributed by atoms with van der Waals surface area (Å²) in [6, 6.07) is 7.29. The molecule has 0 aliphatic heterocycles. The third-order valence-electron chi connectivity index (χ3n) is 3.96. The van der Waals surface area contributed by atoms with E-state index in [1.165, 1.54) is 22.9 Å². The third-order valence-corrected chi connectivity index (χ3v) is 3.96. The summed E-state index contributed by atoms with van der Waals surface area (Å²) >= 11 is 0. The van der Waals surface area contributed by atoms with Crippen LogP contribution in [-0.4, -0.2) is 26.1 Å². The second-order valence-corrected chi connectivity index (χ2v) is 6.74. The van der Waals surface area contributed by atoms with Crippen LogP contribution < -0.4 is 10.7 Å². The number of benzene rings is 1. The molecule has 0 radical (unpaired) electrons. The number of nitrogens with zero attached hydrogens (tertiary/aromatic N) is 3. The molecule has 1 aromatic carbocycles. The summed E-state index contributed by atoms with van der Waals surface area (Å²) in [7, 11) is 0. The van der Waals surface area contributed by atoms with Crippen LogP contribution in [0.2, 0.25) is 0 Å². The number of aryl methyl sites for hydroxylation is 1. The zero-order valence-electron chi connectivity index (χ0n) is 15.3. The number of nitro groups is 1. The molecule has 1 amide bonds. The minimum Gasteiger partial charge on any atom is -0.346 e. The van der Waals surface area contributed by atoms with E-state index >= 15 is 0 Å². The van der Waals surface area contributed by atoms with Crippen LogP contribution >= 0.6 is 0 Å². The second kappa shape index (κ2) is 7.47. The summed E-state index contributed by atoms with van der Waals surface area (Å²) in [5, 5.41) is 18.2. The number of rotatable bonds is 6. The molecule has 1 N–H and O–H groups in total. The molecule has 1 aromatic heterocycles. The van der Waals surface area contributed by atoms with E-state index in [1.54, 1.807) is 19.1 Å². The average Bonchev–Trinajstić information content (AvgIpc) is 2.54. The number of carbonyl (C=O) groups is 1. The Hall–Kier alpha value is -3.03. The van der Waals surface area contributed by atoms with Gasteiger partial charge in [-0.1, -0.05) is 25.5 Å². The predicted octanol–water partition coefficient (Wildman–Crippen LogP) is 2.76. The van der Waals surface area contributed by atoms with Gasteiger partial charge in [0.15, 0.2) is 5.69 Å². The first-order valence-corrected chi connectivity index (χ1v) is 8.33. The van der Waals surface area contributed by atoms with Crippen molar-refractivity contribution >= 4 is 11.6 Å². The van der Waals surface area contributed by atoms with Crippen LogP contribution in [0.5, 0.6) is 0 Å². The summed E-state index contributed by atoms with van der Waals surface area (Å²) in [5.74, 6) is -0.596. The Kier molecular flexibility index (Phi) is 5.54. The highest BCUT2D eigenvalue weighted by Gasteiger charge is 2.24. The fourth-order valence-electron chi connectivity index (χ4n) is 2.80. The SMILES string of the molecule is CCCC(C)(C)NC(=O)c1nn(-c2ccccc2[N+](=O)[O-])c(C)cc1=O. The van der Waals surface area contributed by atoms with Crippen molar-refractivity contribution in [2.75, 3.05) is 0 Å². The molecule has 2 rings (SSSR count). The Labute approximate surface area is 151 Å². The lowest BCUT2D eigenvalue weighted by molar-refractivity contribution is -0.384. The fraction of sp³-hybridized carbons (Fsp3) is 0.389. The van der Waals surface area contributed by atoms with Crippen molar-refractivity contribution in [1.82, 2.24) is 15.1 Å². The standard InChI is InChI=1S/C18H22N4O4/c1-5-10-18(3,4)19-17(24)16-15(23)11-12(2)21(20-16)13-8-6-7-9-14(13)22(25)26/h6-9,11H,5,10H2,1-4H3,(H,19,24). The monoisotopic (exact) mass is 358 g/mol. The quantitative estimate of drug-likeness (QED) is 0.631. The normalized spacial score (nSPS) is 11.2. The van der Waals surface area contributed by atoms with E-state index in [1.807, 2.05) is 20.8 Å². The second-order valence-electron chi connectivity index (χ2n) is 6.74. The van der Waals surface area contributed by atoms with Crippen LogP contribution in [0.25, 0.3) is 5.69 Å². The molecule has 0 saturated carbocycles. The lowest BCUT2D eigenvalue weighted by Gasteiger charge is -2.25. The van der Waals surface area contributed by atoms with Crippen LogP contribution in [-0.2, 0) is 0 Å². The molecule has 138 valence electrons. The van der Waals surface area contributed by atoms with E-state index in [-0.39, 0.29) is 17.1 Å². The number of hydrogen-bond donors (Lipinski definition) is 1. The summed E-state index contributed by atoms with van der Waals surface area (Å²) in [5.41, 5.74) is -0.885. The van der Waals surface area contributed by atoms with Crippen LogP contribution in [0.3, 0.4) is 0 Å². The number of amides is 1. The van der Waals surface area contributed by atoms with Crippen LogP contribution in [0, 0.1) is 17.0 Å². The Morgan fingerprint density at radius 3 is 2.62 bits per heavy atom. The highest BCUT2D eigenvalue weighted by molar-refractivity contribution is 5.92. The molecule has 0 saturated heterocycles. The van der Waals surface area contributed by atoms with Gasteiger partial charge in [-0.3, -0.25) is 19.7 Å². The Morgan fingerprint density at radius 1 is 1.35 bits per heavy atom. The molecule has 0 aliphatic carbocycles. The highest BCUT2D eigenvalue weighted by atomic mass is 16.6. The van der Waals surface area contributed by atoms with Gasteiger partial charge in [0.1, 0.15) is 5.69 Å². The molecule has 26 heavy (non-hydrogen) atoms. The molecule has 8 nitrogen and oxygen atoms in total. The Morgan fingerprint density at radius 2 is 2.00 bits per heavy atom. The molecular formula is C18H22N4O4. The van der Waals surface area contributed by atoms with Crippen molar-refractivity contribution in [2.24, 2.45) is 0 Å². The molecule has 0 bridgehead atoms. The third kappa shape index (κ3) is 4.14. The Balaban J connectivity index is 2.53. The van der Waals surface area contributed by atoms with Gasteiger partial charge >= 0.3 is 0 Å². The van der Waals surface area contributed by atoms with Gasteiger partial charge in [0.25, 0.3) is 11.6 Å². The number of para-hydroxylation sites is 2. The van der Waals surface area contributed by atoms with Crippen molar-refractivity contribution in [3.05, 3.63) is 62.1 Å². The summed E-state index contributed by atoms with van der Waals surface area (Å²) in [4.78, 5) is 35.6. The molecule has 2 aromatic rings. The molecular weight excluding hydrogens is 336 g/mol. The van der Waals surface area contributed by atoms with E-state index in [0.29, 0.717) is 5.69 Å². The number of hydrogen-bond acceptors (Lipinski definition) is 5. The van der Waals surface area contributed by atoms with E-state index in [4.69, 9.17) is 0 Å². The number of nitro benzene ring substituents is 1. The van der Waals surface area contributed by atoms with E-state index in [9.17, 15) is 19.7 Å². The molecule has 0 fully saturated rings. The van der Waals surface area contributed by atoms with Gasteiger partial charge in [-0.05, 0) is 33.3 Å². The summed E-state index contributed by atoms with van der Waals surface area (Å²) < 4.78 is 1.25.